The van der Waals surface area contributed by atoms with Crippen molar-refractivity contribution in [2.45, 2.75) is 45.2 Å². The van der Waals surface area contributed by atoms with Gasteiger partial charge in [-0.1, -0.05) is 5.16 Å². The number of aliphatic carboxylic acids is 1. The first-order chi connectivity index (χ1) is 14.6. The van der Waals surface area contributed by atoms with Crippen LogP contribution in [0.2, 0.25) is 0 Å². The Balaban J connectivity index is 0.000000339. The maximum absolute atomic E-state index is 12.8. The Hall–Kier alpha value is -2.18. The standard InChI is InChI=1S/C17H25N3O4.C2HF3O2/c1-11-15(12(2)24-18-11)9-19-8-13-7-14(16(10-19)23-13)17(21)20-3-5-22-6-4-20;3-2(4,5)1(6)7/h13-14,16H,3-10H2,1-2H3;(H,6,7). The Kier molecular flexibility index (Phi) is 7.22. The molecule has 4 rings (SSSR count). The minimum absolute atomic E-state index is 0.000401. The number of morpholine rings is 2. The van der Waals surface area contributed by atoms with Crippen molar-refractivity contribution in [1.29, 1.82) is 0 Å². The zero-order valence-electron chi connectivity index (χ0n) is 17.4. The SMILES string of the molecule is Cc1noc(C)c1CN1CC2CC(C(=O)N3CCOCC3)C(C1)O2.O=C(O)C(F)(F)F. The number of likely N-dealkylation sites (tertiary alicyclic amines) is 1. The average Bonchev–Trinajstić information content (AvgIpc) is 3.20. The number of amides is 1. The van der Waals surface area contributed by atoms with Crippen LogP contribution in [0.4, 0.5) is 13.2 Å². The molecule has 2 bridgehead atoms. The molecule has 4 heterocycles. The largest absolute Gasteiger partial charge is 0.490 e. The van der Waals surface area contributed by atoms with Gasteiger partial charge in [-0.25, -0.2) is 4.79 Å². The molecule has 1 N–H and O–H groups in total. The third-order valence-electron chi connectivity index (χ3n) is 5.68. The number of alkyl halides is 3. The summed E-state index contributed by atoms with van der Waals surface area (Å²) in [6, 6.07) is 0. The highest BCUT2D eigenvalue weighted by molar-refractivity contribution is 5.80. The molecular formula is C19H26F3N3O6. The lowest BCUT2D eigenvalue weighted by atomic mass is 9.98. The number of hydrogen-bond acceptors (Lipinski definition) is 7. The molecule has 31 heavy (non-hydrogen) atoms. The summed E-state index contributed by atoms with van der Waals surface area (Å²) in [5.41, 5.74) is 2.11. The molecule has 0 spiro atoms. The molecule has 3 saturated heterocycles. The lowest BCUT2D eigenvalue weighted by Crippen LogP contribution is -2.48. The molecule has 174 valence electrons. The molecule has 3 atom stereocenters. The number of ether oxygens (including phenoxy) is 2. The molecule has 0 aromatic carbocycles. The third-order valence-corrected chi connectivity index (χ3v) is 5.68. The lowest BCUT2D eigenvalue weighted by molar-refractivity contribution is -0.192. The van der Waals surface area contributed by atoms with E-state index in [0.717, 1.165) is 43.1 Å². The second kappa shape index (κ2) is 9.53. The van der Waals surface area contributed by atoms with Gasteiger partial charge in [0.25, 0.3) is 0 Å². The van der Waals surface area contributed by atoms with E-state index in [4.69, 9.17) is 23.9 Å². The summed E-state index contributed by atoms with van der Waals surface area (Å²) in [4.78, 5) is 26.0. The van der Waals surface area contributed by atoms with Crippen molar-refractivity contribution in [2.24, 2.45) is 5.92 Å². The molecule has 0 radical (unpaired) electrons. The van der Waals surface area contributed by atoms with E-state index in [-0.39, 0.29) is 24.0 Å². The quantitative estimate of drug-likeness (QED) is 0.738. The Labute approximate surface area is 177 Å². The minimum atomic E-state index is -5.08. The van der Waals surface area contributed by atoms with Gasteiger partial charge in [0.05, 0.1) is 37.0 Å². The second-order valence-electron chi connectivity index (χ2n) is 7.88. The third kappa shape index (κ3) is 5.74. The van der Waals surface area contributed by atoms with Crippen molar-refractivity contribution in [1.82, 2.24) is 15.0 Å². The van der Waals surface area contributed by atoms with Gasteiger partial charge in [-0.15, -0.1) is 0 Å². The van der Waals surface area contributed by atoms with Gasteiger partial charge in [-0.2, -0.15) is 13.2 Å². The van der Waals surface area contributed by atoms with Crippen LogP contribution in [0.3, 0.4) is 0 Å². The summed E-state index contributed by atoms with van der Waals surface area (Å²) in [6.07, 6.45) is -4.10. The average molecular weight is 449 g/mol. The zero-order chi connectivity index (χ0) is 22.8. The molecule has 1 aromatic rings. The highest BCUT2D eigenvalue weighted by Gasteiger charge is 2.46. The lowest BCUT2D eigenvalue weighted by Gasteiger charge is -2.34. The van der Waals surface area contributed by atoms with Gasteiger partial charge >= 0.3 is 12.1 Å². The van der Waals surface area contributed by atoms with E-state index in [9.17, 15) is 18.0 Å². The van der Waals surface area contributed by atoms with Crippen molar-refractivity contribution in [3.63, 3.8) is 0 Å². The van der Waals surface area contributed by atoms with E-state index in [1.54, 1.807) is 0 Å². The van der Waals surface area contributed by atoms with E-state index in [1.807, 2.05) is 18.7 Å². The first-order valence-corrected chi connectivity index (χ1v) is 10.0. The monoisotopic (exact) mass is 449 g/mol. The van der Waals surface area contributed by atoms with Crippen LogP contribution < -0.4 is 0 Å². The predicted molar refractivity (Wildman–Crippen MR) is 99.1 cm³/mol. The number of halogens is 3. The van der Waals surface area contributed by atoms with E-state index < -0.39 is 12.1 Å². The van der Waals surface area contributed by atoms with Crippen LogP contribution >= 0.6 is 0 Å². The van der Waals surface area contributed by atoms with Crippen molar-refractivity contribution in [3.05, 3.63) is 17.0 Å². The molecular weight excluding hydrogens is 423 g/mol. The Morgan fingerprint density at radius 2 is 1.84 bits per heavy atom. The fourth-order valence-electron chi connectivity index (χ4n) is 4.10. The molecule has 0 aliphatic carbocycles. The minimum Gasteiger partial charge on any atom is -0.475 e. The first kappa shape index (κ1) is 23.5. The second-order valence-corrected chi connectivity index (χ2v) is 7.88. The van der Waals surface area contributed by atoms with Gasteiger partial charge < -0.3 is 24.0 Å². The van der Waals surface area contributed by atoms with Gasteiger partial charge in [-0.3, -0.25) is 9.69 Å². The van der Waals surface area contributed by atoms with Crippen LogP contribution in [0.25, 0.3) is 0 Å². The number of carbonyl (C=O) groups excluding carboxylic acids is 1. The molecule has 3 fully saturated rings. The number of fused-ring (bicyclic) bond motifs is 2. The maximum Gasteiger partial charge on any atom is 0.490 e. The zero-order valence-corrected chi connectivity index (χ0v) is 17.4. The predicted octanol–water partition coefficient (Wildman–Crippen LogP) is 1.37. The first-order valence-electron chi connectivity index (χ1n) is 10.0. The smallest absolute Gasteiger partial charge is 0.475 e. The van der Waals surface area contributed by atoms with Gasteiger partial charge in [0.1, 0.15) is 5.76 Å². The summed E-state index contributed by atoms with van der Waals surface area (Å²) in [6.45, 7) is 9.10. The summed E-state index contributed by atoms with van der Waals surface area (Å²) < 4.78 is 48.4. The van der Waals surface area contributed by atoms with Crippen LogP contribution in [-0.4, -0.2) is 89.7 Å². The van der Waals surface area contributed by atoms with Crippen LogP contribution in [0.1, 0.15) is 23.4 Å². The number of aryl methyl sites for hydroxylation is 2. The van der Waals surface area contributed by atoms with Crippen LogP contribution in [0.15, 0.2) is 4.52 Å². The van der Waals surface area contributed by atoms with Crippen LogP contribution in [0, 0.1) is 19.8 Å². The Morgan fingerprint density at radius 1 is 1.19 bits per heavy atom. The maximum atomic E-state index is 12.8. The van der Waals surface area contributed by atoms with Gasteiger partial charge in [-0.05, 0) is 20.3 Å². The van der Waals surface area contributed by atoms with E-state index >= 15 is 0 Å². The normalized spacial score (nSPS) is 26.4. The fourth-order valence-corrected chi connectivity index (χ4v) is 4.10. The Bertz CT molecular complexity index is 774. The molecule has 3 unspecified atom stereocenters. The molecule has 0 saturated carbocycles. The topological polar surface area (TPSA) is 105 Å². The number of carbonyl (C=O) groups is 2. The highest BCUT2D eigenvalue weighted by Crippen LogP contribution is 2.34. The summed E-state index contributed by atoms with van der Waals surface area (Å²) in [5.74, 6) is -1.65. The van der Waals surface area contributed by atoms with Crippen molar-refractivity contribution in [3.8, 4) is 0 Å². The van der Waals surface area contributed by atoms with Crippen molar-refractivity contribution < 1.29 is 41.9 Å². The number of rotatable bonds is 3. The summed E-state index contributed by atoms with van der Waals surface area (Å²) in [5, 5.41) is 11.2. The van der Waals surface area contributed by atoms with Gasteiger partial charge in [0.2, 0.25) is 5.91 Å². The molecule has 3 aliphatic heterocycles. The van der Waals surface area contributed by atoms with Crippen molar-refractivity contribution in [2.75, 3.05) is 39.4 Å². The summed E-state index contributed by atoms with van der Waals surface area (Å²) >= 11 is 0. The van der Waals surface area contributed by atoms with E-state index in [2.05, 4.69) is 10.1 Å². The van der Waals surface area contributed by atoms with Gasteiger partial charge in [0.15, 0.2) is 0 Å². The van der Waals surface area contributed by atoms with Gasteiger partial charge in [0, 0.05) is 38.3 Å². The van der Waals surface area contributed by atoms with Crippen molar-refractivity contribution >= 4 is 11.9 Å². The number of nitrogens with zero attached hydrogens (tertiary/aromatic N) is 3. The molecule has 1 amide bonds. The van der Waals surface area contributed by atoms with Crippen LogP contribution in [-0.2, 0) is 25.6 Å². The summed E-state index contributed by atoms with van der Waals surface area (Å²) in [7, 11) is 0. The van der Waals surface area contributed by atoms with E-state index in [0.29, 0.717) is 26.3 Å². The number of aromatic nitrogens is 1. The van der Waals surface area contributed by atoms with E-state index in [1.165, 1.54) is 0 Å². The number of carboxylic acids is 1. The fraction of sp³-hybridized carbons (Fsp3) is 0.737. The number of carboxylic acid groups (broad SMARTS) is 1. The number of hydrogen-bond donors (Lipinski definition) is 1. The van der Waals surface area contributed by atoms with Crippen LogP contribution in [0.5, 0.6) is 0 Å². The Morgan fingerprint density at radius 3 is 2.39 bits per heavy atom. The molecule has 1 aromatic heterocycles. The molecule has 9 nitrogen and oxygen atoms in total. The highest BCUT2D eigenvalue weighted by atomic mass is 19.4. The molecule has 12 heteroatoms. The molecule has 3 aliphatic rings.